The molecular formula is C10H10Br2. The van der Waals surface area contributed by atoms with E-state index >= 15 is 0 Å². The molecule has 0 fully saturated rings. The van der Waals surface area contributed by atoms with Crippen LogP contribution in [0.25, 0.3) is 6.08 Å². The summed E-state index contributed by atoms with van der Waals surface area (Å²) in [7, 11) is 0. The Morgan fingerprint density at radius 3 is 2.67 bits per heavy atom. The van der Waals surface area contributed by atoms with Crippen LogP contribution in [0.1, 0.15) is 12.0 Å². The zero-order valence-corrected chi connectivity index (χ0v) is 9.81. The molecular weight excluding hydrogens is 280 g/mol. The van der Waals surface area contributed by atoms with Crippen molar-refractivity contribution in [3.05, 3.63) is 40.4 Å². The van der Waals surface area contributed by atoms with Crippen molar-refractivity contribution < 1.29 is 0 Å². The molecule has 0 unspecified atom stereocenters. The average molecular weight is 290 g/mol. The molecule has 0 radical (unpaired) electrons. The molecule has 1 rings (SSSR count). The molecule has 0 aromatic heterocycles. The highest BCUT2D eigenvalue weighted by atomic mass is 79.9. The van der Waals surface area contributed by atoms with Gasteiger partial charge in [0.25, 0.3) is 0 Å². The van der Waals surface area contributed by atoms with Gasteiger partial charge in [0.1, 0.15) is 0 Å². The maximum Gasteiger partial charge on any atom is 0.0247 e. The number of hydrogen-bond acceptors (Lipinski definition) is 0. The fourth-order valence-electron chi connectivity index (χ4n) is 0.884. The Morgan fingerprint density at radius 2 is 2.00 bits per heavy atom. The first-order valence-corrected chi connectivity index (χ1v) is 5.73. The predicted molar refractivity (Wildman–Crippen MR) is 61.6 cm³/mol. The van der Waals surface area contributed by atoms with Crippen LogP contribution in [0.5, 0.6) is 0 Å². The van der Waals surface area contributed by atoms with Gasteiger partial charge in [0.2, 0.25) is 0 Å². The Labute approximate surface area is 89.9 Å². The van der Waals surface area contributed by atoms with Crippen LogP contribution in [0, 0.1) is 0 Å². The van der Waals surface area contributed by atoms with Crippen LogP contribution in [0.15, 0.2) is 34.8 Å². The Hall–Kier alpha value is -0.0800. The van der Waals surface area contributed by atoms with Crippen molar-refractivity contribution in [3.63, 3.8) is 0 Å². The van der Waals surface area contributed by atoms with Crippen molar-refractivity contribution in [1.29, 1.82) is 0 Å². The number of alkyl halides is 1. The molecule has 0 atom stereocenters. The van der Waals surface area contributed by atoms with Crippen molar-refractivity contribution in [2.24, 2.45) is 0 Å². The van der Waals surface area contributed by atoms with Gasteiger partial charge in [-0.2, -0.15) is 0 Å². The third kappa shape index (κ3) is 3.11. The summed E-state index contributed by atoms with van der Waals surface area (Å²) in [4.78, 5) is 0. The molecule has 0 heterocycles. The highest BCUT2D eigenvalue weighted by molar-refractivity contribution is 9.10. The molecule has 0 nitrogen and oxygen atoms in total. The summed E-state index contributed by atoms with van der Waals surface area (Å²) in [5.41, 5.74) is 1.23. The summed E-state index contributed by atoms with van der Waals surface area (Å²) in [6.45, 7) is 0. The first kappa shape index (κ1) is 10.0. The van der Waals surface area contributed by atoms with E-state index in [1.54, 1.807) is 0 Å². The summed E-state index contributed by atoms with van der Waals surface area (Å²) >= 11 is 6.86. The minimum Gasteiger partial charge on any atom is -0.0925 e. The van der Waals surface area contributed by atoms with Crippen LogP contribution in [0.2, 0.25) is 0 Å². The Morgan fingerprint density at radius 1 is 1.25 bits per heavy atom. The van der Waals surface area contributed by atoms with Gasteiger partial charge in [-0.25, -0.2) is 0 Å². The maximum absolute atomic E-state index is 3.49. The molecule has 1 aromatic rings. The lowest BCUT2D eigenvalue weighted by molar-refractivity contribution is 1.27. The summed E-state index contributed by atoms with van der Waals surface area (Å²) in [5, 5.41) is 1.02. The van der Waals surface area contributed by atoms with E-state index in [-0.39, 0.29) is 0 Å². The van der Waals surface area contributed by atoms with Crippen molar-refractivity contribution in [3.8, 4) is 0 Å². The van der Waals surface area contributed by atoms with Crippen LogP contribution < -0.4 is 0 Å². The molecule has 0 aliphatic rings. The topological polar surface area (TPSA) is 0 Å². The van der Waals surface area contributed by atoms with Crippen LogP contribution in [-0.2, 0) is 0 Å². The number of rotatable bonds is 3. The molecule has 0 N–H and O–H groups in total. The van der Waals surface area contributed by atoms with Gasteiger partial charge < -0.3 is 0 Å². The van der Waals surface area contributed by atoms with Crippen molar-refractivity contribution in [2.75, 3.05) is 5.33 Å². The molecule has 1 aromatic carbocycles. The van der Waals surface area contributed by atoms with Gasteiger partial charge in [-0.05, 0) is 18.1 Å². The van der Waals surface area contributed by atoms with Gasteiger partial charge in [0.15, 0.2) is 0 Å². The molecule has 0 aliphatic carbocycles. The molecule has 12 heavy (non-hydrogen) atoms. The van der Waals surface area contributed by atoms with E-state index in [9.17, 15) is 0 Å². The lowest BCUT2D eigenvalue weighted by atomic mass is 10.2. The summed E-state index contributed by atoms with van der Waals surface area (Å²) < 4.78 is 1.15. The normalized spacial score (nSPS) is 10.8. The Balaban J connectivity index is 2.68. The maximum atomic E-state index is 3.49. The lowest BCUT2D eigenvalue weighted by Crippen LogP contribution is -1.73. The average Bonchev–Trinajstić information content (AvgIpc) is 2.09. The number of allylic oxidation sites excluding steroid dienone is 1. The molecule has 0 saturated carbocycles. The van der Waals surface area contributed by atoms with Gasteiger partial charge in [0.05, 0.1) is 0 Å². The number of halogens is 2. The van der Waals surface area contributed by atoms with Gasteiger partial charge in [-0.15, -0.1) is 0 Å². The third-order valence-corrected chi connectivity index (χ3v) is 2.66. The minimum absolute atomic E-state index is 1.02. The quantitative estimate of drug-likeness (QED) is 0.730. The van der Waals surface area contributed by atoms with Gasteiger partial charge in [-0.1, -0.05) is 62.2 Å². The lowest BCUT2D eigenvalue weighted by Gasteiger charge is -1.95. The predicted octanol–water partition coefficient (Wildman–Crippen LogP) is 4.25. The summed E-state index contributed by atoms with van der Waals surface area (Å²) in [6.07, 6.45) is 5.36. The van der Waals surface area contributed by atoms with Crippen LogP contribution >= 0.6 is 31.9 Å². The van der Waals surface area contributed by atoms with E-state index in [0.29, 0.717) is 0 Å². The highest BCUT2D eigenvalue weighted by Gasteiger charge is 1.90. The molecule has 0 spiro atoms. The third-order valence-electron chi connectivity index (χ3n) is 1.48. The van der Waals surface area contributed by atoms with Gasteiger partial charge in [-0.3, -0.25) is 0 Å². The molecule has 0 saturated heterocycles. The zero-order chi connectivity index (χ0) is 8.81. The standard InChI is InChI=1S/C10H10Br2/c11-8-4-3-6-9-5-1-2-7-10(9)12/h1-3,5-7H,4,8H2. The number of benzene rings is 1. The van der Waals surface area contributed by atoms with E-state index < -0.39 is 0 Å². The van der Waals surface area contributed by atoms with Crippen LogP contribution in [0.3, 0.4) is 0 Å². The molecule has 2 heteroatoms. The SMILES string of the molecule is BrCCC=Cc1ccccc1Br. The van der Waals surface area contributed by atoms with E-state index in [4.69, 9.17) is 0 Å². The van der Waals surface area contributed by atoms with E-state index in [2.05, 4.69) is 50.1 Å². The zero-order valence-electron chi connectivity index (χ0n) is 6.63. The first-order chi connectivity index (χ1) is 5.84. The summed E-state index contributed by atoms with van der Waals surface area (Å²) in [6, 6.07) is 8.20. The van der Waals surface area contributed by atoms with Gasteiger partial charge >= 0.3 is 0 Å². The highest BCUT2D eigenvalue weighted by Crippen LogP contribution is 2.17. The first-order valence-electron chi connectivity index (χ1n) is 3.81. The molecule has 0 amide bonds. The molecule has 0 aliphatic heterocycles. The minimum atomic E-state index is 1.02. The van der Waals surface area contributed by atoms with E-state index in [0.717, 1.165) is 16.2 Å². The molecule has 0 bridgehead atoms. The van der Waals surface area contributed by atoms with E-state index in [1.807, 2.05) is 18.2 Å². The largest absolute Gasteiger partial charge is 0.0925 e. The van der Waals surface area contributed by atoms with Crippen molar-refractivity contribution in [2.45, 2.75) is 6.42 Å². The second-order valence-corrected chi connectivity index (χ2v) is 4.05. The smallest absolute Gasteiger partial charge is 0.0247 e. The van der Waals surface area contributed by atoms with Crippen LogP contribution in [0.4, 0.5) is 0 Å². The second-order valence-electron chi connectivity index (χ2n) is 2.40. The summed E-state index contributed by atoms with van der Waals surface area (Å²) in [5.74, 6) is 0. The molecule has 64 valence electrons. The monoisotopic (exact) mass is 288 g/mol. The Kier molecular flexibility index (Phi) is 4.62. The Bertz CT molecular complexity index is 266. The van der Waals surface area contributed by atoms with Crippen LogP contribution in [-0.4, -0.2) is 5.33 Å². The van der Waals surface area contributed by atoms with E-state index in [1.165, 1.54) is 5.56 Å². The van der Waals surface area contributed by atoms with Gasteiger partial charge in [0, 0.05) is 9.80 Å². The fraction of sp³-hybridized carbons (Fsp3) is 0.200. The fourth-order valence-corrected chi connectivity index (χ4v) is 1.56. The second kappa shape index (κ2) is 5.55. The van der Waals surface area contributed by atoms with Crippen molar-refractivity contribution >= 4 is 37.9 Å². The number of hydrogen-bond donors (Lipinski definition) is 0. The van der Waals surface area contributed by atoms with Crippen molar-refractivity contribution in [1.82, 2.24) is 0 Å².